The third-order valence-electron chi connectivity index (χ3n) is 5.79. The summed E-state index contributed by atoms with van der Waals surface area (Å²) in [6.45, 7) is 4.10. The molecule has 1 aromatic heterocycles. The fraction of sp³-hybridized carbons (Fsp3) is 0.364. The minimum atomic E-state index is 0.838. The van der Waals surface area contributed by atoms with Crippen molar-refractivity contribution in [2.24, 2.45) is 0 Å². The molecule has 26 heavy (non-hydrogen) atoms. The fourth-order valence-electron chi connectivity index (χ4n) is 4.45. The summed E-state index contributed by atoms with van der Waals surface area (Å²) in [5.41, 5.74) is 13.6. The van der Waals surface area contributed by atoms with Crippen LogP contribution in [0, 0.1) is 0 Å². The molecule has 0 radical (unpaired) electrons. The molecule has 4 nitrogen and oxygen atoms in total. The van der Waals surface area contributed by atoms with E-state index in [0.717, 1.165) is 56.9 Å². The normalized spacial score (nSPS) is 16.5. The number of aromatic nitrogens is 1. The molecule has 3 aromatic rings. The predicted molar refractivity (Wildman–Crippen MR) is 106 cm³/mol. The van der Waals surface area contributed by atoms with Gasteiger partial charge < -0.3 is 15.5 Å². The van der Waals surface area contributed by atoms with Crippen molar-refractivity contribution in [2.45, 2.75) is 32.2 Å². The third kappa shape index (κ3) is 2.74. The van der Waals surface area contributed by atoms with Crippen LogP contribution in [0.5, 0.6) is 5.75 Å². The molecule has 0 fully saturated rings. The van der Waals surface area contributed by atoms with Crippen LogP contribution in [0.4, 0.5) is 5.69 Å². The molecule has 2 aliphatic rings. The van der Waals surface area contributed by atoms with Crippen LogP contribution in [0.25, 0.3) is 10.9 Å². The summed E-state index contributed by atoms with van der Waals surface area (Å²) in [4.78, 5) is 6.15. The summed E-state index contributed by atoms with van der Waals surface area (Å²) >= 11 is 0. The van der Waals surface area contributed by atoms with Gasteiger partial charge in [0.05, 0.1) is 6.61 Å². The van der Waals surface area contributed by atoms with Crippen LogP contribution in [0.15, 0.2) is 36.4 Å². The van der Waals surface area contributed by atoms with Crippen LogP contribution in [0.3, 0.4) is 0 Å². The first-order chi connectivity index (χ1) is 12.8. The molecule has 3 heterocycles. The van der Waals surface area contributed by atoms with Crippen molar-refractivity contribution in [3.05, 3.63) is 58.8 Å². The van der Waals surface area contributed by atoms with Gasteiger partial charge in [-0.25, -0.2) is 0 Å². The Kier molecular flexibility index (Phi) is 3.86. The minimum absolute atomic E-state index is 0.838. The standard InChI is InChI=1S/C22H25N3O/c23-17-6-7-20-18(13-17)19-14-25(11-8-21(19)24-20)10-2-5-15-3-1-4-16-9-12-26-22(15)16/h1,3-4,6-7,13,24H,2,5,8-12,14,23H2. The Hall–Kier alpha value is -2.46. The number of ether oxygens (including phenoxy) is 1. The highest BCUT2D eigenvalue weighted by Gasteiger charge is 2.21. The number of hydrogen-bond donors (Lipinski definition) is 2. The van der Waals surface area contributed by atoms with E-state index in [1.54, 1.807) is 0 Å². The second-order valence-electron chi connectivity index (χ2n) is 7.52. The molecule has 0 amide bonds. The van der Waals surface area contributed by atoms with E-state index in [9.17, 15) is 0 Å². The van der Waals surface area contributed by atoms with E-state index in [0.29, 0.717) is 0 Å². The van der Waals surface area contributed by atoms with E-state index < -0.39 is 0 Å². The lowest BCUT2D eigenvalue weighted by Gasteiger charge is -2.27. The summed E-state index contributed by atoms with van der Waals surface area (Å²) in [6.07, 6.45) is 4.41. The molecular weight excluding hydrogens is 322 g/mol. The lowest BCUT2D eigenvalue weighted by atomic mass is 10.0. The quantitative estimate of drug-likeness (QED) is 0.708. The fourth-order valence-corrected chi connectivity index (χ4v) is 4.45. The average molecular weight is 347 g/mol. The highest BCUT2D eigenvalue weighted by Crippen LogP contribution is 2.31. The monoisotopic (exact) mass is 347 g/mol. The highest BCUT2D eigenvalue weighted by atomic mass is 16.5. The van der Waals surface area contributed by atoms with Gasteiger partial charge in [-0.05, 0) is 54.3 Å². The first-order valence-electron chi connectivity index (χ1n) is 9.63. The van der Waals surface area contributed by atoms with Gasteiger partial charge in [0.2, 0.25) is 0 Å². The topological polar surface area (TPSA) is 54.3 Å². The molecule has 0 unspecified atom stereocenters. The van der Waals surface area contributed by atoms with Gasteiger partial charge >= 0.3 is 0 Å². The van der Waals surface area contributed by atoms with Crippen LogP contribution in [0.2, 0.25) is 0 Å². The molecule has 0 saturated carbocycles. The van der Waals surface area contributed by atoms with Crippen molar-refractivity contribution < 1.29 is 4.74 Å². The Balaban J connectivity index is 1.26. The molecule has 2 aliphatic heterocycles. The van der Waals surface area contributed by atoms with Crippen molar-refractivity contribution in [3.8, 4) is 5.75 Å². The minimum Gasteiger partial charge on any atom is -0.493 e. The Morgan fingerprint density at radius 3 is 3.08 bits per heavy atom. The Morgan fingerprint density at radius 1 is 1.15 bits per heavy atom. The maximum atomic E-state index is 6.00. The van der Waals surface area contributed by atoms with Gasteiger partial charge in [0.25, 0.3) is 0 Å². The largest absolute Gasteiger partial charge is 0.493 e. The lowest BCUT2D eigenvalue weighted by Crippen LogP contribution is -2.31. The molecule has 0 spiro atoms. The Labute approximate surface area is 154 Å². The lowest BCUT2D eigenvalue weighted by molar-refractivity contribution is 0.251. The SMILES string of the molecule is Nc1ccc2[nH]c3c(c2c1)CN(CCCc1cccc2c1OCC2)CC3. The zero-order valence-electron chi connectivity index (χ0n) is 15.1. The van der Waals surface area contributed by atoms with Gasteiger partial charge in [0, 0.05) is 48.2 Å². The molecule has 0 aliphatic carbocycles. The van der Waals surface area contributed by atoms with Crippen LogP contribution in [0.1, 0.15) is 28.8 Å². The van der Waals surface area contributed by atoms with E-state index in [1.807, 2.05) is 6.07 Å². The number of fused-ring (bicyclic) bond motifs is 4. The highest BCUT2D eigenvalue weighted by molar-refractivity contribution is 5.87. The molecule has 0 atom stereocenters. The van der Waals surface area contributed by atoms with Crippen molar-refractivity contribution in [3.63, 3.8) is 0 Å². The molecule has 0 saturated heterocycles. The van der Waals surface area contributed by atoms with Gasteiger partial charge in [-0.3, -0.25) is 4.90 Å². The number of benzene rings is 2. The molecule has 3 N–H and O–H groups in total. The summed E-state index contributed by atoms with van der Waals surface area (Å²) in [5.74, 6) is 1.15. The first kappa shape index (κ1) is 15.8. The summed E-state index contributed by atoms with van der Waals surface area (Å²) in [7, 11) is 0. The molecule has 5 rings (SSSR count). The van der Waals surface area contributed by atoms with Crippen LogP contribution in [-0.4, -0.2) is 29.6 Å². The van der Waals surface area contributed by atoms with Crippen molar-refractivity contribution in [1.29, 1.82) is 0 Å². The average Bonchev–Trinajstić information content (AvgIpc) is 3.26. The van der Waals surface area contributed by atoms with Gasteiger partial charge in [-0.2, -0.15) is 0 Å². The van der Waals surface area contributed by atoms with Crippen molar-refractivity contribution >= 4 is 16.6 Å². The second-order valence-corrected chi connectivity index (χ2v) is 7.52. The zero-order valence-corrected chi connectivity index (χ0v) is 15.1. The number of nitrogen functional groups attached to an aromatic ring is 1. The summed E-state index contributed by atoms with van der Waals surface area (Å²) in [5, 5.41) is 1.29. The Morgan fingerprint density at radius 2 is 2.12 bits per heavy atom. The van der Waals surface area contributed by atoms with E-state index in [4.69, 9.17) is 10.5 Å². The number of H-pyrrole nitrogens is 1. The van der Waals surface area contributed by atoms with Crippen molar-refractivity contribution in [2.75, 3.05) is 25.4 Å². The number of nitrogens with one attached hydrogen (secondary N) is 1. The van der Waals surface area contributed by atoms with Crippen LogP contribution < -0.4 is 10.5 Å². The van der Waals surface area contributed by atoms with Gasteiger partial charge in [-0.15, -0.1) is 0 Å². The summed E-state index contributed by atoms with van der Waals surface area (Å²) in [6, 6.07) is 12.8. The maximum absolute atomic E-state index is 6.00. The molecule has 0 bridgehead atoms. The number of anilines is 1. The number of para-hydroxylation sites is 1. The third-order valence-corrected chi connectivity index (χ3v) is 5.79. The van der Waals surface area contributed by atoms with Gasteiger partial charge in [0.1, 0.15) is 5.75 Å². The number of rotatable bonds is 4. The van der Waals surface area contributed by atoms with E-state index in [-0.39, 0.29) is 0 Å². The first-order valence-corrected chi connectivity index (χ1v) is 9.63. The second kappa shape index (κ2) is 6.36. The molecule has 2 aromatic carbocycles. The number of nitrogens with zero attached hydrogens (tertiary/aromatic N) is 1. The smallest absolute Gasteiger partial charge is 0.125 e. The number of hydrogen-bond acceptors (Lipinski definition) is 3. The van der Waals surface area contributed by atoms with Crippen LogP contribution in [-0.2, 0) is 25.8 Å². The summed E-state index contributed by atoms with van der Waals surface area (Å²) < 4.78 is 5.84. The van der Waals surface area contributed by atoms with Crippen LogP contribution >= 0.6 is 0 Å². The molecule has 134 valence electrons. The number of aromatic amines is 1. The Bertz CT molecular complexity index is 959. The molecular formula is C22H25N3O. The van der Waals surface area contributed by atoms with E-state index in [2.05, 4.69) is 40.2 Å². The number of nitrogens with two attached hydrogens (primary N) is 1. The van der Waals surface area contributed by atoms with Crippen molar-refractivity contribution in [1.82, 2.24) is 9.88 Å². The zero-order chi connectivity index (χ0) is 17.5. The van der Waals surface area contributed by atoms with E-state index in [1.165, 1.54) is 39.7 Å². The van der Waals surface area contributed by atoms with E-state index >= 15 is 0 Å². The predicted octanol–water partition coefficient (Wildman–Crippen LogP) is 3.68. The molecule has 4 heteroatoms. The maximum Gasteiger partial charge on any atom is 0.125 e. The van der Waals surface area contributed by atoms with Gasteiger partial charge in [0.15, 0.2) is 0 Å². The van der Waals surface area contributed by atoms with Gasteiger partial charge in [-0.1, -0.05) is 18.2 Å². The number of aryl methyl sites for hydroxylation is 1.